The number of nitrogens with one attached hydrogen (secondary N) is 1. The number of para-hydroxylation sites is 1. The molecule has 6 heteroatoms. The van der Waals surface area contributed by atoms with Crippen molar-refractivity contribution in [2.45, 2.75) is 51.1 Å². The van der Waals surface area contributed by atoms with Crippen LogP contribution in [0.5, 0.6) is 0 Å². The highest BCUT2D eigenvalue weighted by atomic mass is 16.2. The monoisotopic (exact) mass is 419 g/mol. The average molecular weight is 420 g/mol. The molecule has 1 heterocycles. The lowest BCUT2D eigenvalue weighted by molar-refractivity contribution is -0.146. The van der Waals surface area contributed by atoms with Crippen LogP contribution >= 0.6 is 0 Å². The lowest BCUT2D eigenvalue weighted by atomic mass is 10.1. The first-order chi connectivity index (χ1) is 15.1. The Bertz CT molecular complexity index is 919. The van der Waals surface area contributed by atoms with Crippen molar-refractivity contribution in [1.82, 2.24) is 10.2 Å². The van der Waals surface area contributed by atoms with E-state index in [1.165, 1.54) is 30.6 Å². The first-order valence-corrected chi connectivity index (χ1v) is 11.2. The van der Waals surface area contributed by atoms with Crippen LogP contribution < -0.4 is 10.2 Å². The second-order valence-corrected chi connectivity index (χ2v) is 8.38. The molecule has 1 aliphatic carbocycles. The van der Waals surface area contributed by atoms with Crippen LogP contribution in [-0.2, 0) is 16.1 Å². The van der Waals surface area contributed by atoms with Gasteiger partial charge in [0, 0.05) is 36.9 Å². The van der Waals surface area contributed by atoms with Crippen LogP contribution in [0.2, 0.25) is 0 Å². The maximum absolute atomic E-state index is 12.6. The normalized spacial score (nSPS) is 18.1. The third kappa shape index (κ3) is 5.13. The number of benzene rings is 2. The minimum atomic E-state index is -0.503. The molecule has 0 bridgehead atoms. The predicted octanol–water partition coefficient (Wildman–Crippen LogP) is 3.51. The molecule has 1 N–H and O–H groups in total. The fourth-order valence-corrected chi connectivity index (χ4v) is 4.35. The number of amides is 3. The highest BCUT2D eigenvalue weighted by Crippen LogP contribution is 2.20. The fraction of sp³-hybridized carbons (Fsp3) is 0.400. The van der Waals surface area contributed by atoms with Crippen molar-refractivity contribution in [3.8, 4) is 0 Å². The van der Waals surface area contributed by atoms with Crippen molar-refractivity contribution >= 4 is 23.4 Å². The van der Waals surface area contributed by atoms with E-state index >= 15 is 0 Å². The first kappa shape index (κ1) is 21.1. The van der Waals surface area contributed by atoms with Gasteiger partial charge in [0.05, 0.1) is 0 Å². The van der Waals surface area contributed by atoms with Crippen LogP contribution in [-0.4, -0.2) is 41.8 Å². The number of hydrogen-bond donors (Lipinski definition) is 1. The smallest absolute Gasteiger partial charge is 0.316 e. The highest BCUT2D eigenvalue weighted by molar-refractivity contribution is 6.40. The zero-order valence-corrected chi connectivity index (χ0v) is 17.8. The Morgan fingerprint density at radius 3 is 2.19 bits per heavy atom. The van der Waals surface area contributed by atoms with Crippen LogP contribution in [0.15, 0.2) is 54.6 Å². The first-order valence-electron chi connectivity index (χ1n) is 11.2. The Balaban J connectivity index is 1.34. The molecule has 0 atom stereocenters. The molecular weight excluding hydrogens is 390 g/mol. The van der Waals surface area contributed by atoms with Gasteiger partial charge in [0.25, 0.3) is 5.91 Å². The number of hydrogen-bond acceptors (Lipinski definition) is 3. The van der Waals surface area contributed by atoms with Gasteiger partial charge < -0.3 is 15.1 Å². The summed E-state index contributed by atoms with van der Waals surface area (Å²) in [6.45, 7) is 1.30. The summed E-state index contributed by atoms with van der Waals surface area (Å²) in [5, 5.41) is 3.16. The van der Waals surface area contributed by atoms with Crippen LogP contribution in [0.1, 0.15) is 54.4 Å². The van der Waals surface area contributed by atoms with E-state index in [0.29, 0.717) is 25.2 Å². The van der Waals surface area contributed by atoms with Crippen molar-refractivity contribution in [3.63, 3.8) is 0 Å². The van der Waals surface area contributed by atoms with E-state index in [1.807, 2.05) is 42.5 Å². The Hall–Kier alpha value is -3.15. The van der Waals surface area contributed by atoms with Crippen molar-refractivity contribution < 1.29 is 14.4 Å². The molecule has 0 unspecified atom stereocenters. The Labute approximate surface area is 183 Å². The van der Waals surface area contributed by atoms with Gasteiger partial charge in [0.15, 0.2) is 0 Å². The minimum Gasteiger partial charge on any atom is -0.349 e. The zero-order chi connectivity index (χ0) is 21.6. The molecule has 31 heavy (non-hydrogen) atoms. The number of carbonyl (C=O) groups excluding carboxylic acids is 3. The third-order valence-electron chi connectivity index (χ3n) is 6.16. The summed E-state index contributed by atoms with van der Waals surface area (Å²) in [6.07, 6.45) is 6.95. The number of carbonyl (C=O) groups is 3. The lowest BCUT2D eigenvalue weighted by Gasteiger charge is -2.33. The molecule has 0 aromatic heterocycles. The minimum absolute atomic E-state index is 0.0406. The molecule has 2 aromatic carbocycles. The summed E-state index contributed by atoms with van der Waals surface area (Å²) in [4.78, 5) is 40.8. The van der Waals surface area contributed by atoms with Crippen molar-refractivity contribution in [3.05, 3.63) is 65.7 Å². The highest BCUT2D eigenvalue weighted by Gasteiger charge is 2.33. The molecule has 1 saturated heterocycles. The molecule has 0 radical (unpaired) electrons. The van der Waals surface area contributed by atoms with Crippen LogP contribution in [0.25, 0.3) is 0 Å². The number of anilines is 1. The second kappa shape index (κ2) is 9.77. The van der Waals surface area contributed by atoms with E-state index < -0.39 is 11.8 Å². The van der Waals surface area contributed by atoms with Gasteiger partial charge in [-0.25, -0.2) is 0 Å². The molecule has 6 nitrogen and oxygen atoms in total. The summed E-state index contributed by atoms with van der Waals surface area (Å²) in [5.74, 6) is -1.04. The molecule has 1 saturated carbocycles. The van der Waals surface area contributed by atoms with Gasteiger partial charge in [0.2, 0.25) is 0 Å². The third-order valence-corrected chi connectivity index (χ3v) is 6.16. The fourth-order valence-electron chi connectivity index (χ4n) is 4.35. The summed E-state index contributed by atoms with van der Waals surface area (Å²) in [5.41, 5.74) is 2.27. The summed E-state index contributed by atoms with van der Waals surface area (Å²) in [7, 11) is 0. The Morgan fingerprint density at radius 2 is 1.52 bits per heavy atom. The van der Waals surface area contributed by atoms with Gasteiger partial charge >= 0.3 is 11.8 Å². The summed E-state index contributed by atoms with van der Waals surface area (Å²) in [6, 6.07) is 16.8. The average Bonchev–Trinajstić information content (AvgIpc) is 3.07. The van der Waals surface area contributed by atoms with Gasteiger partial charge in [0.1, 0.15) is 0 Å². The molecule has 2 aromatic rings. The molecule has 2 aliphatic rings. The van der Waals surface area contributed by atoms with Gasteiger partial charge in [-0.1, -0.05) is 56.0 Å². The summed E-state index contributed by atoms with van der Waals surface area (Å²) < 4.78 is 0. The van der Waals surface area contributed by atoms with Crippen LogP contribution in [0, 0.1) is 0 Å². The van der Waals surface area contributed by atoms with E-state index in [0.717, 1.165) is 24.1 Å². The number of piperazine rings is 1. The van der Waals surface area contributed by atoms with E-state index in [2.05, 4.69) is 5.32 Å². The van der Waals surface area contributed by atoms with E-state index in [-0.39, 0.29) is 11.9 Å². The maximum atomic E-state index is 12.6. The van der Waals surface area contributed by atoms with Gasteiger partial charge in [-0.3, -0.25) is 14.4 Å². The van der Waals surface area contributed by atoms with Crippen molar-refractivity contribution in [1.29, 1.82) is 0 Å². The van der Waals surface area contributed by atoms with Gasteiger partial charge in [-0.15, -0.1) is 0 Å². The predicted molar refractivity (Wildman–Crippen MR) is 120 cm³/mol. The molecule has 1 aliphatic heterocycles. The molecule has 2 fully saturated rings. The SMILES string of the molecule is O=C(NC1CCCCCC1)c1ccc(CN2CCN(c3ccccc3)C(=O)C2=O)cc1. The van der Waals surface area contributed by atoms with Gasteiger partial charge in [-0.2, -0.15) is 0 Å². The van der Waals surface area contributed by atoms with Crippen LogP contribution in [0.3, 0.4) is 0 Å². The molecule has 4 rings (SSSR count). The second-order valence-electron chi connectivity index (χ2n) is 8.38. The Kier molecular flexibility index (Phi) is 6.65. The standard InChI is InChI=1S/C25H29N3O3/c29-23(26-21-8-4-1-2-5-9-21)20-14-12-19(13-15-20)18-27-16-17-28(25(31)24(27)30)22-10-6-3-7-11-22/h3,6-7,10-15,21H,1-2,4-5,8-9,16-18H2,(H,26,29). The molecule has 0 spiro atoms. The van der Waals surface area contributed by atoms with E-state index in [1.54, 1.807) is 17.0 Å². The van der Waals surface area contributed by atoms with E-state index in [9.17, 15) is 14.4 Å². The topological polar surface area (TPSA) is 69.7 Å². The van der Waals surface area contributed by atoms with Crippen LogP contribution in [0.4, 0.5) is 5.69 Å². The largest absolute Gasteiger partial charge is 0.349 e. The number of nitrogens with zero attached hydrogens (tertiary/aromatic N) is 2. The van der Waals surface area contributed by atoms with Crippen molar-refractivity contribution in [2.75, 3.05) is 18.0 Å². The zero-order valence-electron chi connectivity index (χ0n) is 17.8. The van der Waals surface area contributed by atoms with E-state index in [4.69, 9.17) is 0 Å². The number of rotatable bonds is 5. The van der Waals surface area contributed by atoms with Gasteiger partial charge in [-0.05, 0) is 42.7 Å². The molecule has 162 valence electrons. The Morgan fingerprint density at radius 1 is 0.839 bits per heavy atom. The summed E-state index contributed by atoms with van der Waals surface area (Å²) >= 11 is 0. The lowest BCUT2D eigenvalue weighted by Crippen LogP contribution is -2.54. The quantitative estimate of drug-likeness (QED) is 0.596. The molecular formula is C25H29N3O3. The molecule has 3 amide bonds. The maximum Gasteiger partial charge on any atom is 0.316 e. The van der Waals surface area contributed by atoms with Crippen molar-refractivity contribution in [2.24, 2.45) is 0 Å².